The fourth-order valence-electron chi connectivity index (χ4n) is 5.39. The smallest absolute Gasteiger partial charge is 0.193 e. The van der Waals surface area contributed by atoms with Crippen LogP contribution < -0.4 is 0 Å². The summed E-state index contributed by atoms with van der Waals surface area (Å²) in [5.74, 6) is 0.0571. The molecule has 190 valence electrons. The molecule has 2 nitrogen and oxygen atoms in total. The molecule has 0 saturated carbocycles. The maximum atomic E-state index is 13.7. The number of ketones is 1. The van der Waals surface area contributed by atoms with Gasteiger partial charge in [0.25, 0.3) is 0 Å². The van der Waals surface area contributed by atoms with Crippen LogP contribution in [0.15, 0.2) is 90.3 Å². The summed E-state index contributed by atoms with van der Waals surface area (Å²) in [5, 5.41) is 5.74. The summed E-state index contributed by atoms with van der Waals surface area (Å²) in [6, 6.07) is 29.4. The Balaban J connectivity index is 1.69. The maximum Gasteiger partial charge on any atom is 0.193 e. The Morgan fingerprint density at radius 2 is 1.26 bits per heavy atom. The lowest BCUT2D eigenvalue weighted by Gasteiger charge is -2.19. The molecular weight excluding hydrogens is 482 g/mol. The zero-order valence-corrected chi connectivity index (χ0v) is 23.7. The van der Waals surface area contributed by atoms with Gasteiger partial charge in [-0.25, -0.2) is 0 Å². The zero-order valence-electron chi connectivity index (χ0n) is 22.9. The van der Waals surface area contributed by atoms with Crippen molar-refractivity contribution in [3.63, 3.8) is 0 Å². The van der Waals surface area contributed by atoms with Gasteiger partial charge < -0.3 is 4.57 Å². The number of carbonyl (C=O) groups excluding carboxylic acids is 1. The Hall–Kier alpha value is -3.69. The lowest BCUT2D eigenvalue weighted by molar-refractivity contribution is 0.104. The number of rotatable bonds is 3. The van der Waals surface area contributed by atoms with Gasteiger partial charge in [-0.05, 0) is 52.3 Å². The molecule has 0 fully saturated rings. The number of fused-ring (bicyclic) bond motifs is 4. The SMILES string of the molecule is CC(C)(C)c1ccc2c(c1)c1cc(C(C)(C)C)ccc1n2-c1csc2cccc(C(=O)c3ccccc3)c12. The molecule has 0 aliphatic carbocycles. The largest absolute Gasteiger partial charge is 0.308 e. The molecule has 0 N–H and O–H groups in total. The van der Waals surface area contributed by atoms with Gasteiger partial charge in [0.15, 0.2) is 5.78 Å². The van der Waals surface area contributed by atoms with E-state index in [0.29, 0.717) is 5.56 Å². The minimum absolute atomic E-state index is 0.0502. The van der Waals surface area contributed by atoms with Gasteiger partial charge in [-0.3, -0.25) is 4.79 Å². The first kappa shape index (κ1) is 24.6. The van der Waals surface area contributed by atoms with E-state index >= 15 is 0 Å². The summed E-state index contributed by atoms with van der Waals surface area (Å²) in [6.07, 6.45) is 0. The van der Waals surface area contributed by atoms with Crippen LogP contribution in [0, 0.1) is 0 Å². The molecule has 0 saturated heterocycles. The van der Waals surface area contributed by atoms with E-state index in [0.717, 1.165) is 21.3 Å². The highest BCUT2D eigenvalue weighted by atomic mass is 32.1. The summed E-state index contributed by atoms with van der Waals surface area (Å²) in [4.78, 5) is 13.7. The molecular formula is C35H33NOS. The molecule has 3 heteroatoms. The van der Waals surface area contributed by atoms with Gasteiger partial charge in [0.2, 0.25) is 0 Å². The molecule has 4 aromatic carbocycles. The molecule has 2 heterocycles. The molecule has 0 spiro atoms. The number of benzene rings is 4. The van der Waals surface area contributed by atoms with Gasteiger partial charge in [-0.1, -0.05) is 96.1 Å². The van der Waals surface area contributed by atoms with E-state index in [1.807, 2.05) is 42.5 Å². The average molecular weight is 516 g/mol. The predicted octanol–water partition coefficient (Wildman–Crippen LogP) is 9.82. The fourth-order valence-corrected chi connectivity index (χ4v) is 6.34. The van der Waals surface area contributed by atoms with Crippen LogP contribution in [0.4, 0.5) is 0 Å². The highest BCUT2D eigenvalue weighted by Crippen LogP contribution is 2.41. The number of aromatic nitrogens is 1. The lowest BCUT2D eigenvalue weighted by atomic mass is 9.85. The molecule has 0 bridgehead atoms. The van der Waals surface area contributed by atoms with E-state index in [1.54, 1.807) is 11.3 Å². The highest BCUT2D eigenvalue weighted by molar-refractivity contribution is 7.17. The third-order valence-electron chi connectivity index (χ3n) is 7.60. The molecule has 6 aromatic rings. The summed E-state index contributed by atoms with van der Waals surface area (Å²) in [5.41, 5.74) is 7.60. The van der Waals surface area contributed by atoms with Gasteiger partial charge in [0, 0.05) is 37.4 Å². The van der Waals surface area contributed by atoms with Crippen LogP contribution in [0.1, 0.15) is 68.6 Å². The second-order valence-corrected chi connectivity index (χ2v) is 13.2. The molecule has 0 unspecified atom stereocenters. The van der Waals surface area contributed by atoms with Crippen molar-refractivity contribution in [2.24, 2.45) is 0 Å². The van der Waals surface area contributed by atoms with Crippen LogP contribution in [-0.2, 0) is 10.8 Å². The Morgan fingerprint density at radius 3 is 1.82 bits per heavy atom. The average Bonchev–Trinajstić information content (AvgIpc) is 3.45. The molecule has 0 atom stereocenters. The number of nitrogens with zero attached hydrogens (tertiary/aromatic N) is 1. The first-order valence-corrected chi connectivity index (χ1v) is 14.1. The molecule has 6 rings (SSSR count). The van der Waals surface area contributed by atoms with Crippen molar-refractivity contribution < 1.29 is 4.79 Å². The Bertz CT molecular complexity index is 1770. The van der Waals surface area contributed by atoms with E-state index in [9.17, 15) is 4.79 Å². The van der Waals surface area contributed by atoms with Gasteiger partial charge >= 0.3 is 0 Å². The topological polar surface area (TPSA) is 22.0 Å². The van der Waals surface area contributed by atoms with Crippen molar-refractivity contribution in [2.45, 2.75) is 52.4 Å². The van der Waals surface area contributed by atoms with Crippen molar-refractivity contribution in [2.75, 3.05) is 0 Å². The fraction of sp³-hybridized carbons (Fsp3) is 0.229. The predicted molar refractivity (Wildman–Crippen MR) is 163 cm³/mol. The lowest BCUT2D eigenvalue weighted by Crippen LogP contribution is -2.10. The highest BCUT2D eigenvalue weighted by Gasteiger charge is 2.23. The van der Waals surface area contributed by atoms with E-state index in [2.05, 4.69) is 94.0 Å². The second-order valence-electron chi connectivity index (χ2n) is 12.3. The zero-order chi connectivity index (χ0) is 26.8. The van der Waals surface area contributed by atoms with Gasteiger partial charge in [-0.15, -0.1) is 11.3 Å². The number of hydrogen-bond donors (Lipinski definition) is 0. The molecule has 0 aliphatic rings. The van der Waals surface area contributed by atoms with E-state index in [-0.39, 0.29) is 16.6 Å². The Morgan fingerprint density at radius 1 is 0.684 bits per heavy atom. The van der Waals surface area contributed by atoms with Crippen LogP contribution in [0.3, 0.4) is 0 Å². The van der Waals surface area contributed by atoms with E-state index < -0.39 is 0 Å². The van der Waals surface area contributed by atoms with Gasteiger partial charge in [-0.2, -0.15) is 0 Å². The van der Waals surface area contributed by atoms with Crippen LogP contribution in [0.2, 0.25) is 0 Å². The summed E-state index contributed by atoms with van der Waals surface area (Å²) in [7, 11) is 0. The second kappa shape index (κ2) is 8.68. The summed E-state index contributed by atoms with van der Waals surface area (Å²) < 4.78 is 3.49. The minimum Gasteiger partial charge on any atom is -0.308 e. The van der Waals surface area contributed by atoms with E-state index in [4.69, 9.17) is 0 Å². The number of carbonyl (C=O) groups is 1. The molecule has 0 radical (unpaired) electrons. The van der Waals surface area contributed by atoms with Crippen molar-refractivity contribution in [1.29, 1.82) is 0 Å². The third-order valence-corrected chi connectivity index (χ3v) is 8.53. The first-order chi connectivity index (χ1) is 18.0. The van der Waals surface area contributed by atoms with Crippen molar-refractivity contribution in [3.8, 4) is 5.69 Å². The first-order valence-electron chi connectivity index (χ1n) is 13.2. The van der Waals surface area contributed by atoms with E-state index in [1.165, 1.54) is 32.9 Å². The van der Waals surface area contributed by atoms with Gasteiger partial charge in [0.1, 0.15) is 0 Å². The number of hydrogen-bond acceptors (Lipinski definition) is 2. The molecule has 0 aliphatic heterocycles. The molecule has 0 amide bonds. The van der Waals surface area contributed by atoms with Crippen molar-refractivity contribution in [1.82, 2.24) is 4.57 Å². The van der Waals surface area contributed by atoms with Gasteiger partial charge in [0.05, 0.1) is 16.7 Å². The van der Waals surface area contributed by atoms with Crippen LogP contribution in [0.25, 0.3) is 37.6 Å². The van der Waals surface area contributed by atoms with Crippen LogP contribution in [0.5, 0.6) is 0 Å². The quantitative estimate of drug-likeness (QED) is 0.215. The third kappa shape index (κ3) is 3.97. The molecule has 38 heavy (non-hydrogen) atoms. The van der Waals surface area contributed by atoms with Crippen LogP contribution >= 0.6 is 11.3 Å². The molecule has 2 aromatic heterocycles. The Kier molecular flexibility index (Phi) is 5.62. The van der Waals surface area contributed by atoms with Crippen LogP contribution in [-0.4, -0.2) is 10.4 Å². The monoisotopic (exact) mass is 515 g/mol. The Labute approximate surface area is 228 Å². The maximum absolute atomic E-state index is 13.7. The normalized spacial score (nSPS) is 12.6. The standard InChI is InChI=1S/C35H33NOS/c1-34(2,3)23-15-17-28-26(19-23)27-20-24(35(4,5)6)16-18-29(27)36(28)30-21-38-31-14-10-13-25(32(30)31)33(37)22-11-8-7-9-12-22/h7-21H,1-6H3. The van der Waals surface area contributed by atoms with Crippen molar-refractivity contribution in [3.05, 3.63) is 113 Å². The minimum atomic E-state index is 0.0502. The summed E-state index contributed by atoms with van der Waals surface area (Å²) >= 11 is 1.70. The number of thiophene rings is 1. The van der Waals surface area contributed by atoms with Crippen molar-refractivity contribution >= 4 is 49.0 Å². The summed E-state index contributed by atoms with van der Waals surface area (Å²) in [6.45, 7) is 13.6.